The van der Waals surface area contributed by atoms with Crippen LogP contribution in [0.4, 0.5) is 5.69 Å². The van der Waals surface area contributed by atoms with Crippen molar-refractivity contribution in [3.63, 3.8) is 0 Å². The molecule has 1 atom stereocenters. The first-order valence-corrected chi connectivity index (χ1v) is 4.64. The summed E-state index contributed by atoms with van der Waals surface area (Å²) in [6, 6.07) is 4.90. The number of aromatic hydroxyl groups is 1. The number of hydrogen-bond donors (Lipinski definition) is 4. The van der Waals surface area contributed by atoms with Crippen molar-refractivity contribution < 1.29 is 10.2 Å². The van der Waals surface area contributed by atoms with Crippen LogP contribution in [0, 0.1) is 0 Å². The number of phenols is 1. The van der Waals surface area contributed by atoms with Crippen LogP contribution in [0.15, 0.2) is 18.2 Å². The number of phenolic OH excluding ortho intramolecular Hbond substituents is 1. The summed E-state index contributed by atoms with van der Waals surface area (Å²) in [7, 11) is 0. The van der Waals surface area contributed by atoms with Crippen molar-refractivity contribution in [2.75, 3.05) is 18.8 Å². The smallest absolute Gasteiger partial charge is 0.123 e. The Morgan fingerprint density at radius 3 is 2.79 bits per heavy atom. The third-order valence-electron chi connectivity index (χ3n) is 2.67. The molecule has 1 fully saturated rings. The summed E-state index contributed by atoms with van der Waals surface area (Å²) >= 11 is 0. The van der Waals surface area contributed by atoms with Crippen LogP contribution in [0.5, 0.6) is 5.75 Å². The summed E-state index contributed by atoms with van der Waals surface area (Å²) in [6.45, 7) is 1.18. The molecule has 4 nitrogen and oxygen atoms in total. The molecular formula is C10H14N2O2. The first-order valence-electron chi connectivity index (χ1n) is 4.64. The SMILES string of the molecule is Nc1cccc(O)c1C1(O)CCNC1. The first-order chi connectivity index (χ1) is 6.63. The molecule has 0 radical (unpaired) electrons. The van der Waals surface area contributed by atoms with Crippen LogP contribution < -0.4 is 11.1 Å². The lowest BCUT2D eigenvalue weighted by molar-refractivity contribution is 0.0570. The lowest BCUT2D eigenvalue weighted by atomic mass is 9.91. The molecule has 0 aliphatic carbocycles. The average molecular weight is 194 g/mol. The largest absolute Gasteiger partial charge is 0.507 e. The first kappa shape index (κ1) is 9.30. The molecule has 76 valence electrons. The Kier molecular flexibility index (Phi) is 2.09. The van der Waals surface area contributed by atoms with E-state index in [0.29, 0.717) is 24.2 Å². The van der Waals surface area contributed by atoms with Crippen LogP contribution >= 0.6 is 0 Å². The Labute approximate surface area is 82.4 Å². The van der Waals surface area contributed by atoms with Gasteiger partial charge in [-0.05, 0) is 25.1 Å². The zero-order valence-electron chi connectivity index (χ0n) is 7.83. The zero-order valence-corrected chi connectivity index (χ0v) is 7.83. The van der Waals surface area contributed by atoms with Crippen LogP contribution in [-0.4, -0.2) is 23.3 Å². The van der Waals surface area contributed by atoms with Gasteiger partial charge in [0.1, 0.15) is 11.4 Å². The maximum atomic E-state index is 10.2. The van der Waals surface area contributed by atoms with Gasteiger partial charge in [0.05, 0.1) is 0 Å². The van der Waals surface area contributed by atoms with E-state index in [1.54, 1.807) is 18.2 Å². The van der Waals surface area contributed by atoms with Gasteiger partial charge in [-0.2, -0.15) is 0 Å². The van der Waals surface area contributed by atoms with Crippen LogP contribution in [0.3, 0.4) is 0 Å². The minimum atomic E-state index is -1.02. The second-order valence-electron chi connectivity index (χ2n) is 3.70. The third kappa shape index (κ3) is 1.32. The predicted octanol–water partition coefficient (Wildman–Crippen LogP) is 0.155. The van der Waals surface area contributed by atoms with E-state index in [9.17, 15) is 10.2 Å². The highest BCUT2D eigenvalue weighted by molar-refractivity contribution is 5.57. The number of nitrogens with one attached hydrogen (secondary N) is 1. The van der Waals surface area contributed by atoms with Gasteiger partial charge in [-0.3, -0.25) is 0 Å². The number of hydrogen-bond acceptors (Lipinski definition) is 4. The molecule has 14 heavy (non-hydrogen) atoms. The molecule has 0 amide bonds. The number of rotatable bonds is 1. The van der Waals surface area contributed by atoms with E-state index in [1.807, 2.05) is 0 Å². The molecule has 2 rings (SSSR count). The van der Waals surface area contributed by atoms with Gasteiger partial charge in [0.15, 0.2) is 0 Å². The summed E-state index contributed by atoms with van der Waals surface area (Å²) in [5.74, 6) is 0.0659. The van der Waals surface area contributed by atoms with Crippen molar-refractivity contribution in [3.05, 3.63) is 23.8 Å². The normalized spacial score (nSPS) is 26.6. The minimum absolute atomic E-state index is 0.0659. The molecule has 0 aromatic heterocycles. The van der Waals surface area contributed by atoms with Gasteiger partial charge in [0.25, 0.3) is 0 Å². The molecular weight excluding hydrogens is 180 g/mol. The molecule has 0 saturated carbocycles. The van der Waals surface area contributed by atoms with Gasteiger partial charge >= 0.3 is 0 Å². The van der Waals surface area contributed by atoms with E-state index < -0.39 is 5.60 Å². The Bertz CT molecular complexity index is 326. The molecule has 1 heterocycles. The fourth-order valence-corrected chi connectivity index (χ4v) is 1.96. The number of nitrogens with two attached hydrogens (primary N) is 1. The Morgan fingerprint density at radius 1 is 1.43 bits per heavy atom. The van der Waals surface area contributed by atoms with Gasteiger partial charge in [0.2, 0.25) is 0 Å². The monoisotopic (exact) mass is 194 g/mol. The topological polar surface area (TPSA) is 78.5 Å². The molecule has 4 heteroatoms. The highest BCUT2D eigenvalue weighted by Crippen LogP contribution is 2.37. The molecule has 5 N–H and O–H groups in total. The highest BCUT2D eigenvalue weighted by Gasteiger charge is 2.36. The molecule has 1 unspecified atom stereocenters. The van der Waals surface area contributed by atoms with E-state index in [2.05, 4.69) is 5.32 Å². The van der Waals surface area contributed by atoms with Crippen molar-refractivity contribution in [2.45, 2.75) is 12.0 Å². The molecule has 1 aromatic carbocycles. The van der Waals surface area contributed by atoms with Gasteiger partial charge in [0, 0.05) is 17.8 Å². The second-order valence-corrected chi connectivity index (χ2v) is 3.70. The number of aliphatic hydroxyl groups is 1. The fraction of sp³-hybridized carbons (Fsp3) is 0.400. The van der Waals surface area contributed by atoms with E-state index in [1.165, 1.54) is 0 Å². The molecule has 0 bridgehead atoms. The predicted molar refractivity (Wildman–Crippen MR) is 53.9 cm³/mol. The van der Waals surface area contributed by atoms with Crippen LogP contribution in [0.25, 0.3) is 0 Å². The van der Waals surface area contributed by atoms with Gasteiger partial charge < -0.3 is 21.3 Å². The number of anilines is 1. The maximum Gasteiger partial charge on any atom is 0.123 e. The molecule has 1 aliphatic heterocycles. The molecule has 1 aromatic rings. The van der Waals surface area contributed by atoms with Crippen LogP contribution in [-0.2, 0) is 5.60 Å². The Balaban J connectivity index is 2.49. The Morgan fingerprint density at radius 2 is 2.21 bits per heavy atom. The van der Waals surface area contributed by atoms with Crippen LogP contribution in [0.2, 0.25) is 0 Å². The quantitative estimate of drug-likeness (QED) is 0.480. The zero-order chi connectivity index (χ0) is 10.2. The highest BCUT2D eigenvalue weighted by atomic mass is 16.3. The number of nitrogen functional groups attached to an aromatic ring is 1. The summed E-state index contributed by atoms with van der Waals surface area (Å²) in [5.41, 5.74) is 5.61. The maximum absolute atomic E-state index is 10.2. The lowest BCUT2D eigenvalue weighted by Crippen LogP contribution is -2.29. The minimum Gasteiger partial charge on any atom is -0.507 e. The van der Waals surface area contributed by atoms with Crippen molar-refractivity contribution in [3.8, 4) is 5.75 Å². The van der Waals surface area contributed by atoms with Crippen molar-refractivity contribution in [1.29, 1.82) is 0 Å². The van der Waals surface area contributed by atoms with Gasteiger partial charge in [-0.25, -0.2) is 0 Å². The van der Waals surface area contributed by atoms with Crippen molar-refractivity contribution in [1.82, 2.24) is 5.32 Å². The summed E-state index contributed by atoms with van der Waals surface area (Å²) in [5, 5.41) is 22.9. The van der Waals surface area contributed by atoms with E-state index in [4.69, 9.17) is 5.73 Å². The summed E-state index contributed by atoms with van der Waals surface area (Å²) < 4.78 is 0. The summed E-state index contributed by atoms with van der Waals surface area (Å²) in [4.78, 5) is 0. The van der Waals surface area contributed by atoms with Crippen LogP contribution in [0.1, 0.15) is 12.0 Å². The second kappa shape index (κ2) is 3.15. The van der Waals surface area contributed by atoms with E-state index in [0.717, 1.165) is 6.54 Å². The third-order valence-corrected chi connectivity index (χ3v) is 2.67. The Hall–Kier alpha value is -1.26. The standard InChI is InChI=1S/C10H14N2O2/c11-7-2-1-3-8(13)9(7)10(14)4-5-12-6-10/h1-3,12-14H,4-6,11H2. The average Bonchev–Trinajstić information content (AvgIpc) is 2.52. The molecule has 0 spiro atoms. The number of benzene rings is 1. The van der Waals surface area contributed by atoms with E-state index >= 15 is 0 Å². The summed E-state index contributed by atoms with van der Waals surface area (Å²) in [6.07, 6.45) is 0.578. The molecule has 1 saturated heterocycles. The van der Waals surface area contributed by atoms with Crippen molar-refractivity contribution in [2.24, 2.45) is 0 Å². The van der Waals surface area contributed by atoms with Crippen molar-refractivity contribution >= 4 is 5.69 Å². The molecule has 1 aliphatic rings. The van der Waals surface area contributed by atoms with E-state index in [-0.39, 0.29) is 5.75 Å². The number of β-amino-alcohol motifs (C(OH)–C–C–N with tert-alkyl or cyclic N) is 1. The van der Waals surface area contributed by atoms with Gasteiger partial charge in [-0.15, -0.1) is 0 Å². The lowest BCUT2D eigenvalue weighted by Gasteiger charge is -2.24. The van der Waals surface area contributed by atoms with Gasteiger partial charge in [-0.1, -0.05) is 6.07 Å². The fourth-order valence-electron chi connectivity index (χ4n) is 1.96.